The fourth-order valence-corrected chi connectivity index (χ4v) is 22.3. The van der Waals surface area contributed by atoms with Gasteiger partial charge in [-0.15, -0.1) is 62.8 Å². The van der Waals surface area contributed by atoms with E-state index in [1.54, 1.807) is 16.7 Å². The number of hydrogen-bond acceptors (Lipinski definition) is 3. The van der Waals surface area contributed by atoms with Crippen LogP contribution < -0.4 is 0 Å². The summed E-state index contributed by atoms with van der Waals surface area (Å²) in [5.41, 5.74) is 16.4. The summed E-state index contributed by atoms with van der Waals surface area (Å²) in [5.74, 6) is 8.15. The molecule has 3 nitrogen and oxygen atoms in total. The van der Waals surface area contributed by atoms with Gasteiger partial charge in [0.1, 0.15) is 0 Å². The van der Waals surface area contributed by atoms with Crippen molar-refractivity contribution in [1.29, 1.82) is 0 Å². The summed E-state index contributed by atoms with van der Waals surface area (Å²) < 4.78 is 4.23. The topological polar surface area (TPSA) is 42.3 Å². The standard InChI is InChI=1S/C31H30NS.C29H24Cl2NS.C26H28NS.9CH3.3Ti/c1-18-10-9-11-19(2)31(18)32-25-14-7-5-12-22(25)28-20(3)21(4)29-24(28)16-17-27-30(29)23-13-6-8-15-26(23)33-27;1-16-17(2)27-20(14-15-25-28(27)19-9-4-6-13-24(19)33-25)26(16)18-8-3-5-12-23(18)32-29-21(30)10-7-11-22(29)31;1-15(2)27-21-11-7-5-9-18(21)24-16(3)17(4)25-20(24)13-14-23-26(25)19-10-6-8-12-22(19)28-23;;;;;;;;;;;;/h5-17,20-21,24,28-29H,1-4H3;3-17,20,26-27H,1-2H3;5-17,20,24-25H,1-4H3;9*1H3;;;/q12*-1;3*+4. The second kappa shape index (κ2) is 39.8. The molecule has 3 saturated carbocycles. The zero-order valence-corrected chi connectivity index (χ0v) is 74.5. The molecule has 3 fully saturated rings. The molecule has 548 valence electrons. The largest absolute Gasteiger partial charge is 4.00 e. The maximum absolute atomic E-state index is 6.46. The molecule has 0 bridgehead atoms. The zero-order valence-electron chi connectivity index (χ0n) is 65.8. The van der Waals surface area contributed by atoms with Crippen molar-refractivity contribution < 1.29 is 65.2 Å². The van der Waals surface area contributed by atoms with Gasteiger partial charge in [-0.05, 0) is 184 Å². The van der Waals surface area contributed by atoms with Gasteiger partial charge in [0.05, 0.1) is 0 Å². The number of thiophene rings is 3. The second-order valence-electron chi connectivity index (χ2n) is 28.2. The summed E-state index contributed by atoms with van der Waals surface area (Å²) >= 11 is 18.8. The van der Waals surface area contributed by atoms with Crippen molar-refractivity contribution in [2.24, 2.45) is 53.3 Å². The molecular weight excluding hydrogens is 1490 g/mol. The van der Waals surface area contributed by atoms with E-state index < -0.39 is 0 Å². The van der Waals surface area contributed by atoms with Crippen LogP contribution in [0.2, 0.25) is 10.0 Å². The quantitative estimate of drug-likeness (QED) is 0.102. The number of hydrogen-bond donors (Lipinski definition) is 0. The van der Waals surface area contributed by atoms with Gasteiger partial charge in [-0.1, -0.05) is 282 Å². The summed E-state index contributed by atoms with van der Waals surface area (Å²) in [6, 6.07) is 65.4. The van der Waals surface area contributed by atoms with E-state index in [0.717, 1.165) is 17.1 Å². The number of allylic oxidation sites excluding steroid dienone is 3. The molecule has 6 aliphatic carbocycles. The maximum atomic E-state index is 6.46. The van der Waals surface area contributed by atoms with Crippen molar-refractivity contribution in [3.63, 3.8) is 0 Å². The Morgan fingerprint density at radius 2 is 0.594 bits per heavy atom. The molecule has 3 aromatic heterocycles. The second-order valence-corrected chi connectivity index (χ2v) is 32.2. The molecule has 0 spiro atoms. The third-order valence-corrected chi connectivity index (χ3v) is 27.0. The van der Waals surface area contributed by atoms with Crippen LogP contribution in [0.1, 0.15) is 150 Å². The normalized spacial score (nSPS) is 23.6. The third kappa shape index (κ3) is 17.1. The van der Waals surface area contributed by atoms with Crippen LogP contribution in [0.25, 0.3) is 64.4 Å². The Hall–Kier alpha value is -5.02. The van der Waals surface area contributed by atoms with E-state index in [9.17, 15) is 0 Å². The molecular formula is C95H109Cl2N3S3Ti3. The van der Waals surface area contributed by atoms with Crippen LogP contribution in [0.3, 0.4) is 0 Å². The van der Waals surface area contributed by atoms with Crippen LogP contribution >= 0.6 is 57.2 Å². The van der Waals surface area contributed by atoms with E-state index in [1.165, 1.54) is 78.4 Å². The van der Waals surface area contributed by atoms with Gasteiger partial charge in [-0.2, -0.15) is 0 Å². The van der Waals surface area contributed by atoms with Gasteiger partial charge < -0.3 is 82.8 Å². The first-order chi connectivity index (χ1) is 45.6. The molecule has 106 heavy (non-hydrogen) atoms. The first-order valence-corrected chi connectivity index (χ1v) is 37.4. The molecule has 11 heteroatoms. The van der Waals surface area contributed by atoms with Gasteiger partial charge in [0.15, 0.2) is 0 Å². The predicted molar refractivity (Wildman–Crippen MR) is 467 cm³/mol. The molecule has 11 aromatic rings. The number of fused-ring (bicyclic) bond motifs is 15. The zero-order chi connectivity index (χ0) is 64.8. The Balaban J connectivity index is 0.000000392. The number of para-hydroxylation sites is 5. The number of halogens is 2. The molecule has 0 saturated heterocycles. The van der Waals surface area contributed by atoms with Gasteiger partial charge in [0.2, 0.25) is 0 Å². The summed E-state index contributed by atoms with van der Waals surface area (Å²) in [6.07, 6.45) is 14.7. The van der Waals surface area contributed by atoms with E-state index in [-0.39, 0.29) is 132 Å². The van der Waals surface area contributed by atoms with Crippen molar-refractivity contribution in [2.75, 3.05) is 0 Å². The van der Waals surface area contributed by atoms with Gasteiger partial charge in [-0.3, -0.25) is 0 Å². The monoisotopic (exact) mass is 1600 g/mol. The van der Waals surface area contributed by atoms with Gasteiger partial charge in [-0.25, -0.2) is 0 Å². The van der Waals surface area contributed by atoms with Crippen LogP contribution in [0.15, 0.2) is 200 Å². The fraction of sp³-hybridized carbons (Fsp3) is 0.274. The minimum atomic E-state index is 0. The van der Waals surface area contributed by atoms with Crippen LogP contribution in [0.5, 0.6) is 0 Å². The average Bonchev–Trinajstić information content (AvgIpc) is 1.58. The van der Waals surface area contributed by atoms with Gasteiger partial charge >= 0.3 is 65.2 Å². The van der Waals surface area contributed by atoms with E-state index in [2.05, 4.69) is 269 Å². The Labute approximate surface area is 708 Å². The molecule has 8 aromatic carbocycles. The van der Waals surface area contributed by atoms with Gasteiger partial charge in [0, 0.05) is 38.8 Å². The minimum absolute atomic E-state index is 0. The third-order valence-electron chi connectivity index (χ3n) is 22.9. The maximum Gasteiger partial charge on any atom is 4.00 e. The first kappa shape index (κ1) is 95.2. The van der Waals surface area contributed by atoms with Crippen LogP contribution in [0, 0.1) is 134 Å². The predicted octanol–water partition coefficient (Wildman–Crippen LogP) is 32.1. The number of rotatable bonds is 9. The summed E-state index contributed by atoms with van der Waals surface area (Å²) in [7, 11) is 0. The first-order valence-electron chi connectivity index (χ1n) is 34.1. The molecule has 0 radical (unpaired) electrons. The number of benzene rings is 8. The van der Waals surface area contributed by atoms with Crippen molar-refractivity contribution in [3.05, 3.63) is 352 Å². The summed E-state index contributed by atoms with van der Waals surface area (Å²) in [6.45, 7) is 23.4. The Morgan fingerprint density at radius 3 is 0.934 bits per heavy atom. The Bertz CT molecular complexity index is 4520. The van der Waals surface area contributed by atoms with Crippen molar-refractivity contribution in [1.82, 2.24) is 0 Å². The molecule has 0 amide bonds. The van der Waals surface area contributed by atoms with Crippen molar-refractivity contribution in [3.8, 4) is 0 Å². The molecule has 3 heterocycles. The van der Waals surface area contributed by atoms with E-state index in [0.29, 0.717) is 111 Å². The number of nitrogens with zero attached hydrogens (tertiary/aromatic N) is 3. The molecule has 15 atom stereocenters. The molecule has 0 N–H and O–H groups in total. The fourth-order valence-electron chi connectivity index (χ4n) is 18.3. The van der Waals surface area contributed by atoms with Crippen molar-refractivity contribution >= 4 is 134 Å². The van der Waals surface area contributed by atoms with Gasteiger partial charge in [0.25, 0.3) is 0 Å². The Morgan fingerprint density at radius 1 is 0.321 bits per heavy atom. The van der Waals surface area contributed by atoms with Crippen LogP contribution in [-0.4, -0.2) is 6.04 Å². The molecule has 17 rings (SSSR count). The minimum Gasteiger partial charge on any atom is -0.682 e. The average molecular weight is 1600 g/mol. The molecule has 0 aliphatic heterocycles. The van der Waals surface area contributed by atoms with Crippen molar-refractivity contribution in [2.45, 2.75) is 111 Å². The molecule has 15 unspecified atom stereocenters. The SMILES string of the molecule is CC(C)[N-]c1ccccc1C1C(C)C(C)C2c3c(sc4ccccc34)C=CC12.CC1C(C)C2c3c(sc4ccccc34)C=CC2C1c1ccccc1[N-]c1c(Cl)cccc1Cl.Cc1cccc(C)c1[N-]c1ccccc1C1C(C)C(C)C2c3c(sc4ccccc34)C=CC12.[CH3-].[CH3-].[CH3-].[CH3-].[CH3-].[CH3-].[CH3-].[CH3-].[CH3-].[Ti+4].[Ti+4].[Ti+4]. The Kier molecular flexibility index (Phi) is 35.7. The number of aryl methyl sites for hydroxylation is 2. The van der Waals surface area contributed by atoms with Crippen LogP contribution in [-0.2, 0) is 65.2 Å². The molecule has 6 aliphatic rings. The van der Waals surface area contributed by atoms with E-state index in [1.807, 2.05) is 52.2 Å². The smallest absolute Gasteiger partial charge is 0.682 e. The van der Waals surface area contributed by atoms with Crippen LogP contribution in [0.4, 0.5) is 28.4 Å². The van der Waals surface area contributed by atoms with E-state index >= 15 is 0 Å². The van der Waals surface area contributed by atoms with E-state index in [4.69, 9.17) is 39.2 Å². The summed E-state index contributed by atoms with van der Waals surface area (Å²) in [4.78, 5) is 4.37. The summed E-state index contributed by atoms with van der Waals surface area (Å²) in [5, 5.41) is 20.7.